The standard InChI is InChI=1S/C27H25FN4OS/c1-17-12-13-18(2)23(16-17)29-26(33)24(19-8-4-3-5-9-19)34-27-31-30-25(32(27)20-14-15-20)21-10-6-7-11-22(21)28/h3-13,16,20,24H,14-15H2,1-2H3,(H,29,33)/t24-/m0/s1. The highest BCUT2D eigenvalue weighted by molar-refractivity contribution is 8.00. The molecule has 172 valence electrons. The highest BCUT2D eigenvalue weighted by Crippen LogP contribution is 2.44. The van der Waals surface area contributed by atoms with Crippen LogP contribution < -0.4 is 5.32 Å². The van der Waals surface area contributed by atoms with E-state index in [-0.39, 0.29) is 17.8 Å². The highest BCUT2D eigenvalue weighted by atomic mass is 32.2. The molecule has 4 aromatic rings. The summed E-state index contributed by atoms with van der Waals surface area (Å²) in [5.41, 5.74) is 4.16. The molecule has 0 aliphatic heterocycles. The van der Waals surface area contributed by atoms with Crippen molar-refractivity contribution in [2.75, 3.05) is 5.32 Å². The first-order chi connectivity index (χ1) is 16.5. The molecule has 1 saturated carbocycles. The van der Waals surface area contributed by atoms with Crippen LogP contribution in [0, 0.1) is 19.7 Å². The van der Waals surface area contributed by atoms with E-state index in [1.54, 1.807) is 18.2 Å². The van der Waals surface area contributed by atoms with Gasteiger partial charge in [-0.25, -0.2) is 4.39 Å². The van der Waals surface area contributed by atoms with Crippen molar-refractivity contribution in [3.63, 3.8) is 0 Å². The van der Waals surface area contributed by atoms with Crippen LogP contribution in [0.5, 0.6) is 0 Å². The molecule has 1 N–H and O–H groups in total. The summed E-state index contributed by atoms with van der Waals surface area (Å²) in [5.74, 6) is 0.0353. The van der Waals surface area contributed by atoms with Crippen LogP contribution in [0.2, 0.25) is 0 Å². The van der Waals surface area contributed by atoms with E-state index < -0.39 is 5.25 Å². The third kappa shape index (κ3) is 4.61. The minimum atomic E-state index is -0.545. The number of carbonyl (C=O) groups is 1. The van der Waals surface area contributed by atoms with E-state index in [0.29, 0.717) is 16.5 Å². The van der Waals surface area contributed by atoms with E-state index in [0.717, 1.165) is 35.2 Å². The second-order valence-corrected chi connectivity index (χ2v) is 9.68. The molecule has 0 unspecified atom stereocenters. The smallest absolute Gasteiger partial charge is 0.242 e. The zero-order valence-corrected chi connectivity index (χ0v) is 19.8. The number of carbonyl (C=O) groups excluding carboxylic acids is 1. The Morgan fingerprint density at radius 2 is 1.76 bits per heavy atom. The molecule has 0 saturated heterocycles. The van der Waals surface area contributed by atoms with Gasteiger partial charge < -0.3 is 5.32 Å². The third-order valence-corrected chi connectivity index (χ3v) is 7.12. The lowest BCUT2D eigenvalue weighted by Gasteiger charge is -2.18. The predicted molar refractivity (Wildman–Crippen MR) is 133 cm³/mol. The second-order valence-electron chi connectivity index (χ2n) is 8.60. The Morgan fingerprint density at radius 1 is 1.03 bits per heavy atom. The van der Waals surface area contributed by atoms with Crippen LogP contribution >= 0.6 is 11.8 Å². The number of aromatic nitrogens is 3. The molecule has 0 radical (unpaired) electrons. The Morgan fingerprint density at radius 3 is 2.50 bits per heavy atom. The summed E-state index contributed by atoms with van der Waals surface area (Å²) in [6.07, 6.45) is 1.97. The molecule has 0 bridgehead atoms. The van der Waals surface area contributed by atoms with Crippen molar-refractivity contribution >= 4 is 23.4 Å². The maximum absolute atomic E-state index is 14.6. The average molecular weight is 473 g/mol. The summed E-state index contributed by atoms with van der Waals surface area (Å²) in [5, 5.41) is 11.9. The minimum absolute atomic E-state index is 0.136. The largest absolute Gasteiger partial charge is 0.325 e. The van der Waals surface area contributed by atoms with Crippen molar-refractivity contribution in [3.8, 4) is 11.4 Å². The van der Waals surface area contributed by atoms with Gasteiger partial charge in [0.15, 0.2) is 11.0 Å². The van der Waals surface area contributed by atoms with Gasteiger partial charge in [0.1, 0.15) is 11.1 Å². The van der Waals surface area contributed by atoms with Crippen LogP contribution in [-0.2, 0) is 4.79 Å². The Labute approximate surface area is 202 Å². The van der Waals surface area contributed by atoms with Crippen LogP contribution in [0.1, 0.15) is 40.8 Å². The molecule has 1 aliphatic rings. The van der Waals surface area contributed by atoms with Crippen LogP contribution in [0.25, 0.3) is 11.4 Å². The van der Waals surface area contributed by atoms with Crippen LogP contribution in [0.3, 0.4) is 0 Å². The molecule has 1 aromatic heterocycles. The number of aryl methyl sites for hydroxylation is 2. The quantitative estimate of drug-likeness (QED) is 0.312. The van der Waals surface area contributed by atoms with Gasteiger partial charge in [-0.3, -0.25) is 9.36 Å². The molecule has 3 aromatic carbocycles. The average Bonchev–Trinajstić information content (AvgIpc) is 3.60. The summed E-state index contributed by atoms with van der Waals surface area (Å²) in [7, 11) is 0. The predicted octanol–water partition coefficient (Wildman–Crippen LogP) is 6.51. The van der Waals surface area contributed by atoms with Gasteiger partial charge in [0.05, 0.1) is 5.56 Å². The Balaban J connectivity index is 1.51. The van der Waals surface area contributed by atoms with E-state index >= 15 is 0 Å². The Hall–Kier alpha value is -3.45. The molecule has 1 heterocycles. The lowest BCUT2D eigenvalue weighted by Crippen LogP contribution is -2.20. The number of nitrogens with zero attached hydrogens (tertiary/aromatic N) is 3. The zero-order valence-electron chi connectivity index (χ0n) is 19.0. The fourth-order valence-electron chi connectivity index (χ4n) is 3.92. The Bertz CT molecular complexity index is 1330. The number of halogens is 1. The van der Waals surface area contributed by atoms with E-state index in [9.17, 15) is 9.18 Å². The number of anilines is 1. The molecule has 1 amide bonds. The number of benzene rings is 3. The van der Waals surface area contributed by atoms with E-state index in [1.165, 1.54) is 17.8 Å². The molecule has 7 heteroatoms. The summed E-state index contributed by atoms with van der Waals surface area (Å²) >= 11 is 1.35. The van der Waals surface area contributed by atoms with Crippen molar-refractivity contribution in [3.05, 3.63) is 95.3 Å². The first kappa shape index (κ1) is 22.3. The van der Waals surface area contributed by atoms with Gasteiger partial charge in [0.25, 0.3) is 0 Å². The van der Waals surface area contributed by atoms with Gasteiger partial charge in [-0.15, -0.1) is 10.2 Å². The monoisotopic (exact) mass is 472 g/mol. The number of rotatable bonds is 7. The normalized spacial score (nSPS) is 14.1. The van der Waals surface area contributed by atoms with E-state index in [4.69, 9.17) is 0 Å². The van der Waals surface area contributed by atoms with Crippen LogP contribution in [0.15, 0.2) is 78.0 Å². The molecule has 5 nitrogen and oxygen atoms in total. The molecular weight excluding hydrogens is 447 g/mol. The zero-order chi connectivity index (χ0) is 23.7. The maximum atomic E-state index is 14.6. The number of hydrogen-bond acceptors (Lipinski definition) is 4. The van der Waals surface area contributed by atoms with Crippen molar-refractivity contribution in [1.29, 1.82) is 0 Å². The molecule has 0 spiro atoms. The second kappa shape index (κ2) is 9.43. The van der Waals surface area contributed by atoms with Crippen molar-refractivity contribution in [2.45, 2.75) is 43.1 Å². The fraction of sp³-hybridized carbons (Fsp3) is 0.222. The van der Waals surface area contributed by atoms with Crippen molar-refractivity contribution < 1.29 is 9.18 Å². The highest BCUT2D eigenvalue weighted by Gasteiger charge is 2.33. The van der Waals surface area contributed by atoms with Gasteiger partial charge >= 0.3 is 0 Å². The fourth-order valence-corrected chi connectivity index (χ4v) is 5.03. The van der Waals surface area contributed by atoms with Gasteiger partial charge in [-0.2, -0.15) is 0 Å². The number of hydrogen-bond donors (Lipinski definition) is 1. The maximum Gasteiger partial charge on any atom is 0.242 e. The summed E-state index contributed by atoms with van der Waals surface area (Å²) < 4.78 is 16.6. The number of nitrogens with one attached hydrogen (secondary N) is 1. The molecule has 1 fully saturated rings. The molecule has 1 atom stereocenters. The molecule has 34 heavy (non-hydrogen) atoms. The lowest BCUT2D eigenvalue weighted by molar-refractivity contribution is -0.115. The minimum Gasteiger partial charge on any atom is -0.325 e. The summed E-state index contributed by atoms with van der Waals surface area (Å²) in [6, 6.07) is 22.5. The van der Waals surface area contributed by atoms with E-state index in [1.807, 2.05) is 66.9 Å². The van der Waals surface area contributed by atoms with Gasteiger partial charge in [0.2, 0.25) is 5.91 Å². The van der Waals surface area contributed by atoms with Crippen LogP contribution in [-0.4, -0.2) is 20.7 Å². The molecular formula is C27H25FN4OS. The molecule has 1 aliphatic carbocycles. The summed E-state index contributed by atoms with van der Waals surface area (Å²) in [6.45, 7) is 3.98. The van der Waals surface area contributed by atoms with Gasteiger partial charge in [0, 0.05) is 11.7 Å². The topological polar surface area (TPSA) is 59.8 Å². The van der Waals surface area contributed by atoms with Crippen LogP contribution in [0.4, 0.5) is 10.1 Å². The van der Waals surface area contributed by atoms with Crippen molar-refractivity contribution in [1.82, 2.24) is 14.8 Å². The lowest BCUT2D eigenvalue weighted by atomic mass is 10.1. The number of amides is 1. The van der Waals surface area contributed by atoms with Gasteiger partial charge in [-0.05, 0) is 61.6 Å². The third-order valence-electron chi connectivity index (χ3n) is 5.91. The SMILES string of the molecule is Cc1ccc(C)c(NC(=O)[C@@H](Sc2nnc(-c3ccccc3F)n2C2CC2)c2ccccc2)c1. The first-order valence-electron chi connectivity index (χ1n) is 11.3. The molecule has 5 rings (SSSR count). The first-order valence-corrected chi connectivity index (χ1v) is 12.2. The van der Waals surface area contributed by atoms with Gasteiger partial charge in [-0.1, -0.05) is 66.4 Å². The van der Waals surface area contributed by atoms with Crippen molar-refractivity contribution in [2.24, 2.45) is 0 Å². The Kier molecular flexibility index (Phi) is 6.20. The number of thioether (sulfide) groups is 1. The summed E-state index contributed by atoms with van der Waals surface area (Å²) in [4.78, 5) is 13.6. The van der Waals surface area contributed by atoms with E-state index in [2.05, 4.69) is 15.5 Å².